The lowest BCUT2D eigenvalue weighted by Crippen LogP contribution is -2.15. The van der Waals surface area contributed by atoms with Gasteiger partial charge in [-0.1, -0.05) is 17.3 Å². The molecule has 1 aliphatic rings. The van der Waals surface area contributed by atoms with Crippen molar-refractivity contribution in [2.45, 2.75) is 26.2 Å². The topological polar surface area (TPSA) is 47.9 Å². The van der Waals surface area contributed by atoms with Gasteiger partial charge in [-0.05, 0) is 84.2 Å². The number of fused-ring (bicyclic) bond motifs is 1. The third-order valence-corrected chi connectivity index (χ3v) is 5.19. The summed E-state index contributed by atoms with van der Waals surface area (Å²) in [6.07, 6.45) is 2.78. The second kappa shape index (κ2) is 7.34. The van der Waals surface area contributed by atoms with Crippen LogP contribution in [0.3, 0.4) is 0 Å². The monoisotopic (exact) mass is 435 g/mol. The molecular formula is C19H18INO3. The van der Waals surface area contributed by atoms with Crippen molar-refractivity contribution in [1.29, 1.82) is 0 Å². The lowest BCUT2D eigenvalue weighted by atomic mass is 9.87. The van der Waals surface area contributed by atoms with Gasteiger partial charge >= 0.3 is 5.97 Å². The second-order valence-electron chi connectivity index (χ2n) is 5.67. The smallest absolute Gasteiger partial charge is 0.366 e. The summed E-state index contributed by atoms with van der Waals surface area (Å²) in [5.41, 5.74) is 4.76. The molecule has 0 aromatic heterocycles. The highest BCUT2D eigenvalue weighted by atomic mass is 127. The molecular weight excluding hydrogens is 417 g/mol. The van der Waals surface area contributed by atoms with Gasteiger partial charge in [-0.3, -0.25) is 0 Å². The van der Waals surface area contributed by atoms with Gasteiger partial charge in [-0.2, -0.15) is 0 Å². The van der Waals surface area contributed by atoms with Gasteiger partial charge in [0.2, 0.25) is 0 Å². The molecule has 3 rings (SSSR count). The SMILES string of the molecule is COc1ccc2c(c1C)CCC/C2=N\OC(=O)c1ccccc1I. The van der Waals surface area contributed by atoms with Crippen LogP contribution in [-0.4, -0.2) is 18.8 Å². The van der Waals surface area contributed by atoms with Crippen LogP contribution in [0.5, 0.6) is 5.75 Å². The van der Waals surface area contributed by atoms with E-state index in [4.69, 9.17) is 9.57 Å². The zero-order valence-corrected chi connectivity index (χ0v) is 15.8. The first-order chi connectivity index (χ1) is 11.6. The molecule has 2 aromatic rings. The number of halogens is 1. The van der Waals surface area contributed by atoms with Crippen LogP contribution in [0.25, 0.3) is 0 Å². The predicted octanol–water partition coefficient (Wildman–Crippen LogP) is 4.51. The van der Waals surface area contributed by atoms with E-state index in [0.717, 1.165) is 45.4 Å². The zero-order valence-electron chi connectivity index (χ0n) is 13.6. The summed E-state index contributed by atoms with van der Waals surface area (Å²) in [4.78, 5) is 17.4. The number of oxime groups is 1. The third-order valence-electron chi connectivity index (χ3n) is 4.25. The number of nitrogens with zero attached hydrogens (tertiary/aromatic N) is 1. The molecule has 124 valence electrons. The molecule has 0 N–H and O–H groups in total. The molecule has 2 aromatic carbocycles. The molecule has 0 unspecified atom stereocenters. The van der Waals surface area contributed by atoms with Gasteiger partial charge in [0.1, 0.15) is 5.75 Å². The molecule has 0 saturated heterocycles. The fraction of sp³-hybridized carbons (Fsp3) is 0.263. The predicted molar refractivity (Wildman–Crippen MR) is 102 cm³/mol. The van der Waals surface area contributed by atoms with Gasteiger partial charge in [-0.15, -0.1) is 0 Å². The highest BCUT2D eigenvalue weighted by Crippen LogP contribution is 2.30. The average molecular weight is 435 g/mol. The Bertz CT molecular complexity index is 814. The van der Waals surface area contributed by atoms with Crippen LogP contribution in [0.2, 0.25) is 0 Å². The molecule has 0 atom stereocenters. The van der Waals surface area contributed by atoms with E-state index in [-0.39, 0.29) is 0 Å². The molecule has 0 aliphatic heterocycles. The average Bonchev–Trinajstić information content (AvgIpc) is 2.60. The summed E-state index contributed by atoms with van der Waals surface area (Å²) in [6.45, 7) is 2.05. The third kappa shape index (κ3) is 3.31. The van der Waals surface area contributed by atoms with Crippen LogP contribution < -0.4 is 4.74 Å². The van der Waals surface area contributed by atoms with Gasteiger partial charge in [0.25, 0.3) is 0 Å². The number of benzene rings is 2. The Morgan fingerprint density at radius 3 is 2.71 bits per heavy atom. The van der Waals surface area contributed by atoms with E-state index < -0.39 is 5.97 Å². The molecule has 0 radical (unpaired) electrons. The first kappa shape index (κ1) is 17.0. The van der Waals surface area contributed by atoms with Crippen molar-refractivity contribution in [1.82, 2.24) is 0 Å². The van der Waals surface area contributed by atoms with Crippen molar-refractivity contribution in [3.05, 3.63) is 62.2 Å². The second-order valence-corrected chi connectivity index (χ2v) is 6.83. The number of hydrogen-bond acceptors (Lipinski definition) is 4. The maximum Gasteiger partial charge on any atom is 0.366 e. The van der Waals surface area contributed by atoms with Crippen molar-refractivity contribution in [2.24, 2.45) is 5.16 Å². The quantitative estimate of drug-likeness (QED) is 0.405. The summed E-state index contributed by atoms with van der Waals surface area (Å²) in [6, 6.07) is 11.3. The number of carbonyl (C=O) groups is 1. The van der Waals surface area contributed by atoms with Crippen molar-refractivity contribution in [3.8, 4) is 5.75 Å². The Morgan fingerprint density at radius 2 is 1.96 bits per heavy atom. The van der Waals surface area contributed by atoms with Gasteiger partial charge in [-0.25, -0.2) is 4.79 Å². The van der Waals surface area contributed by atoms with E-state index in [1.165, 1.54) is 5.56 Å². The minimum Gasteiger partial charge on any atom is -0.496 e. The van der Waals surface area contributed by atoms with E-state index >= 15 is 0 Å². The first-order valence-corrected chi connectivity index (χ1v) is 8.89. The van der Waals surface area contributed by atoms with Gasteiger partial charge in [0.15, 0.2) is 0 Å². The van der Waals surface area contributed by atoms with Crippen molar-refractivity contribution in [2.75, 3.05) is 7.11 Å². The Hall–Kier alpha value is -1.89. The maximum atomic E-state index is 12.2. The van der Waals surface area contributed by atoms with E-state index in [1.807, 2.05) is 30.3 Å². The highest BCUT2D eigenvalue weighted by molar-refractivity contribution is 14.1. The Balaban J connectivity index is 1.87. The molecule has 0 heterocycles. The molecule has 1 aliphatic carbocycles. The lowest BCUT2D eigenvalue weighted by molar-refractivity contribution is 0.0514. The normalized spacial score (nSPS) is 15.0. The summed E-state index contributed by atoms with van der Waals surface area (Å²) in [5, 5.41) is 4.16. The van der Waals surface area contributed by atoms with Gasteiger partial charge in [0, 0.05) is 9.13 Å². The van der Waals surface area contributed by atoms with Crippen molar-refractivity contribution in [3.63, 3.8) is 0 Å². The first-order valence-electron chi connectivity index (χ1n) is 7.81. The fourth-order valence-electron chi connectivity index (χ4n) is 2.98. The van der Waals surface area contributed by atoms with Crippen molar-refractivity contribution < 1.29 is 14.4 Å². The molecule has 5 heteroatoms. The molecule has 0 saturated carbocycles. The van der Waals surface area contributed by atoms with E-state index in [0.29, 0.717) is 5.56 Å². The number of carbonyl (C=O) groups excluding carboxylic acids is 1. The van der Waals surface area contributed by atoms with Crippen LogP contribution in [0.1, 0.15) is 39.9 Å². The van der Waals surface area contributed by atoms with Crippen molar-refractivity contribution >= 4 is 34.3 Å². The Morgan fingerprint density at radius 1 is 1.17 bits per heavy atom. The minimum atomic E-state index is -0.426. The maximum absolute atomic E-state index is 12.2. The summed E-state index contributed by atoms with van der Waals surface area (Å²) in [5.74, 6) is 0.454. The van der Waals surface area contributed by atoms with E-state index in [9.17, 15) is 4.79 Å². The number of ether oxygens (including phenoxy) is 1. The molecule has 0 bridgehead atoms. The molecule has 24 heavy (non-hydrogen) atoms. The Kier molecular flexibility index (Phi) is 5.18. The summed E-state index contributed by atoms with van der Waals surface area (Å²) >= 11 is 2.12. The van der Waals surface area contributed by atoms with E-state index in [2.05, 4.69) is 34.7 Å². The van der Waals surface area contributed by atoms with Crippen LogP contribution >= 0.6 is 22.6 Å². The summed E-state index contributed by atoms with van der Waals surface area (Å²) in [7, 11) is 1.68. The number of rotatable bonds is 3. The lowest BCUT2D eigenvalue weighted by Gasteiger charge is -2.21. The largest absolute Gasteiger partial charge is 0.496 e. The van der Waals surface area contributed by atoms with Crippen LogP contribution in [-0.2, 0) is 11.3 Å². The molecule has 0 amide bonds. The standard InChI is InChI=1S/C19H18INO3/c1-12-13-7-5-9-17(14(13)10-11-18(12)23-2)21-24-19(22)15-6-3-4-8-16(15)20/h3-4,6,8,10-11H,5,7,9H2,1-2H3/b21-17+. The fourth-order valence-corrected chi connectivity index (χ4v) is 3.59. The molecule has 4 nitrogen and oxygen atoms in total. The number of hydrogen-bond donors (Lipinski definition) is 0. The number of methoxy groups -OCH3 is 1. The van der Waals surface area contributed by atoms with Crippen LogP contribution in [0.15, 0.2) is 41.6 Å². The van der Waals surface area contributed by atoms with Crippen LogP contribution in [0.4, 0.5) is 0 Å². The molecule has 0 fully saturated rings. The van der Waals surface area contributed by atoms with Gasteiger partial charge in [0.05, 0.1) is 18.4 Å². The van der Waals surface area contributed by atoms with E-state index in [1.54, 1.807) is 13.2 Å². The minimum absolute atomic E-state index is 0.426. The Labute approximate surface area is 155 Å². The molecule has 0 spiro atoms. The van der Waals surface area contributed by atoms with Crippen LogP contribution in [0, 0.1) is 10.5 Å². The van der Waals surface area contributed by atoms with Gasteiger partial charge < -0.3 is 9.57 Å². The summed E-state index contributed by atoms with van der Waals surface area (Å²) < 4.78 is 6.24. The zero-order chi connectivity index (χ0) is 17.1. The highest BCUT2D eigenvalue weighted by Gasteiger charge is 2.20.